The minimum atomic E-state index is -0.806. The Morgan fingerprint density at radius 3 is 2.29 bits per heavy atom. The summed E-state index contributed by atoms with van der Waals surface area (Å²) in [6, 6.07) is 0. The molecule has 0 atom stereocenters. The van der Waals surface area contributed by atoms with Gasteiger partial charge in [-0.05, 0) is 12.2 Å². The van der Waals surface area contributed by atoms with E-state index in [-0.39, 0.29) is 5.11 Å². The summed E-state index contributed by atoms with van der Waals surface area (Å²) in [6.45, 7) is 1.09. The van der Waals surface area contributed by atoms with E-state index in [0.717, 1.165) is 6.92 Å². The molecule has 0 spiro atoms. The van der Waals surface area contributed by atoms with Crippen molar-refractivity contribution in [2.75, 3.05) is 0 Å². The third-order valence-electron chi connectivity index (χ3n) is 1.15. The van der Waals surface area contributed by atoms with Gasteiger partial charge in [0, 0.05) is 6.92 Å². The van der Waals surface area contributed by atoms with E-state index in [4.69, 9.17) is 0 Å². The zero-order chi connectivity index (χ0) is 10.7. The maximum Gasteiger partial charge on any atom is 0.332 e. The third kappa shape index (κ3) is 2.33. The second kappa shape index (κ2) is 3.92. The van der Waals surface area contributed by atoms with Crippen molar-refractivity contribution in [3.8, 4) is 0 Å². The SMILES string of the molecule is CC(=O)ON=C1C(=O)NC(=S)NC1=O. The van der Waals surface area contributed by atoms with E-state index >= 15 is 0 Å². The fourth-order valence-corrected chi connectivity index (χ4v) is 0.837. The number of oxime groups is 1. The van der Waals surface area contributed by atoms with Gasteiger partial charge in [0.25, 0.3) is 11.8 Å². The topological polar surface area (TPSA) is 96.9 Å². The molecule has 0 bridgehead atoms. The summed E-state index contributed by atoms with van der Waals surface area (Å²) in [5, 5.41) is 7.20. The molecule has 0 aromatic rings. The van der Waals surface area contributed by atoms with Crippen LogP contribution in [0.2, 0.25) is 0 Å². The molecule has 0 aromatic heterocycles. The molecule has 0 aromatic carbocycles. The second-order valence-electron chi connectivity index (χ2n) is 2.26. The van der Waals surface area contributed by atoms with Crippen molar-refractivity contribution in [1.29, 1.82) is 0 Å². The van der Waals surface area contributed by atoms with Gasteiger partial charge in [0.1, 0.15) is 0 Å². The summed E-state index contributed by atoms with van der Waals surface area (Å²) in [7, 11) is 0. The van der Waals surface area contributed by atoms with Crippen LogP contribution < -0.4 is 10.6 Å². The molecule has 74 valence electrons. The van der Waals surface area contributed by atoms with Gasteiger partial charge in [-0.3, -0.25) is 20.2 Å². The van der Waals surface area contributed by atoms with Crippen LogP contribution in [-0.2, 0) is 19.2 Å². The highest BCUT2D eigenvalue weighted by molar-refractivity contribution is 7.80. The molecule has 1 rings (SSSR count). The van der Waals surface area contributed by atoms with Crippen molar-refractivity contribution < 1.29 is 19.2 Å². The van der Waals surface area contributed by atoms with Gasteiger partial charge in [0.05, 0.1) is 0 Å². The number of amides is 2. The van der Waals surface area contributed by atoms with E-state index in [9.17, 15) is 14.4 Å². The first-order valence-corrected chi connectivity index (χ1v) is 3.84. The zero-order valence-electron chi connectivity index (χ0n) is 6.99. The van der Waals surface area contributed by atoms with Gasteiger partial charge in [0.15, 0.2) is 5.11 Å². The molecule has 1 saturated heterocycles. The number of rotatable bonds is 1. The number of nitrogens with one attached hydrogen (secondary N) is 2. The van der Waals surface area contributed by atoms with Crippen LogP contribution in [0.3, 0.4) is 0 Å². The van der Waals surface area contributed by atoms with Crippen LogP contribution >= 0.6 is 12.2 Å². The Balaban J connectivity index is 2.82. The van der Waals surface area contributed by atoms with E-state index in [1.807, 2.05) is 0 Å². The number of carbonyl (C=O) groups excluding carboxylic acids is 3. The molecule has 8 heteroatoms. The van der Waals surface area contributed by atoms with Gasteiger partial charge in [0.2, 0.25) is 5.71 Å². The maximum atomic E-state index is 11.0. The lowest BCUT2D eigenvalue weighted by atomic mass is 10.3. The van der Waals surface area contributed by atoms with Crippen LogP contribution in [0.15, 0.2) is 5.16 Å². The van der Waals surface area contributed by atoms with Crippen LogP contribution in [0.1, 0.15) is 6.92 Å². The molecule has 7 nitrogen and oxygen atoms in total. The molecule has 1 heterocycles. The molecule has 14 heavy (non-hydrogen) atoms. The lowest BCUT2D eigenvalue weighted by Crippen LogP contribution is -2.56. The Kier molecular flexibility index (Phi) is 2.87. The van der Waals surface area contributed by atoms with Crippen molar-refractivity contribution in [1.82, 2.24) is 10.6 Å². The Hall–Kier alpha value is -1.83. The standard InChI is InChI=1S/C6H5N3O4S/c1-2(10)13-9-3-4(11)7-6(14)8-5(3)12/h1H3,(H2,7,8,11,12,14). The first kappa shape index (κ1) is 10.3. The Bertz CT molecular complexity index is 340. The Labute approximate surface area is 83.5 Å². The Morgan fingerprint density at radius 2 is 1.86 bits per heavy atom. The second-order valence-corrected chi connectivity index (χ2v) is 2.67. The lowest BCUT2D eigenvalue weighted by molar-refractivity contribution is -0.141. The van der Waals surface area contributed by atoms with Crippen LogP contribution in [0.5, 0.6) is 0 Å². The molecule has 1 aliphatic heterocycles. The summed E-state index contributed by atoms with van der Waals surface area (Å²) >= 11 is 4.52. The highest BCUT2D eigenvalue weighted by Gasteiger charge is 2.28. The summed E-state index contributed by atoms with van der Waals surface area (Å²) in [5.41, 5.74) is -0.547. The fraction of sp³-hybridized carbons (Fsp3) is 0.167. The first-order chi connectivity index (χ1) is 6.50. The highest BCUT2D eigenvalue weighted by Crippen LogP contribution is 1.90. The number of hydrogen-bond acceptors (Lipinski definition) is 6. The molecule has 0 radical (unpaired) electrons. The van der Waals surface area contributed by atoms with E-state index in [1.54, 1.807) is 0 Å². The van der Waals surface area contributed by atoms with Gasteiger partial charge in [-0.2, -0.15) is 0 Å². The highest BCUT2D eigenvalue weighted by atomic mass is 32.1. The van der Waals surface area contributed by atoms with Crippen molar-refractivity contribution in [2.24, 2.45) is 5.16 Å². The number of thiocarbonyl (C=S) groups is 1. The molecular formula is C6H5N3O4S. The zero-order valence-corrected chi connectivity index (χ0v) is 7.80. The predicted octanol–water partition coefficient (Wildman–Crippen LogP) is -1.56. The normalized spacial score (nSPS) is 15.8. The average molecular weight is 215 g/mol. The van der Waals surface area contributed by atoms with Gasteiger partial charge in [-0.15, -0.1) is 0 Å². The molecule has 2 N–H and O–H groups in total. The summed E-state index contributed by atoms with van der Waals surface area (Å²) < 4.78 is 0. The van der Waals surface area contributed by atoms with Crippen molar-refractivity contribution >= 4 is 40.8 Å². The first-order valence-electron chi connectivity index (χ1n) is 3.43. The van der Waals surface area contributed by atoms with Crippen LogP contribution in [0.4, 0.5) is 0 Å². The fourth-order valence-electron chi connectivity index (χ4n) is 0.652. The van der Waals surface area contributed by atoms with E-state index in [1.165, 1.54) is 0 Å². The van der Waals surface area contributed by atoms with Crippen molar-refractivity contribution in [3.05, 3.63) is 0 Å². The smallest absolute Gasteiger partial charge is 0.318 e. The lowest BCUT2D eigenvalue weighted by Gasteiger charge is -2.13. The van der Waals surface area contributed by atoms with Gasteiger partial charge in [-0.25, -0.2) is 4.79 Å². The largest absolute Gasteiger partial charge is 0.332 e. The molecule has 1 aliphatic rings. The number of nitrogens with zero attached hydrogens (tertiary/aromatic N) is 1. The summed E-state index contributed by atoms with van der Waals surface area (Å²) in [6.07, 6.45) is 0. The number of carbonyl (C=O) groups is 3. The maximum absolute atomic E-state index is 11.0. The van der Waals surface area contributed by atoms with E-state index < -0.39 is 23.5 Å². The molecule has 0 unspecified atom stereocenters. The van der Waals surface area contributed by atoms with E-state index in [0.29, 0.717) is 0 Å². The number of hydrogen-bond donors (Lipinski definition) is 2. The molecule has 0 aliphatic carbocycles. The van der Waals surface area contributed by atoms with Crippen LogP contribution in [0, 0.1) is 0 Å². The molecule has 0 saturated carbocycles. The molecular weight excluding hydrogens is 210 g/mol. The quantitative estimate of drug-likeness (QED) is 0.313. The summed E-state index contributed by atoms with van der Waals surface area (Å²) in [4.78, 5) is 36.6. The average Bonchev–Trinajstić information content (AvgIpc) is 2.01. The van der Waals surface area contributed by atoms with E-state index in [2.05, 4.69) is 32.8 Å². The molecule has 2 amide bonds. The Morgan fingerprint density at radius 1 is 1.36 bits per heavy atom. The van der Waals surface area contributed by atoms with Crippen molar-refractivity contribution in [3.63, 3.8) is 0 Å². The van der Waals surface area contributed by atoms with Crippen LogP contribution in [-0.4, -0.2) is 28.6 Å². The van der Waals surface area contributed by atoms with Crippen molar-refractivity contribution in [2.45, 2.75) is 6.92 Å². The van der Waals surface area contributed by atoms with Gasteiger partial charge < -0.3 is 4.84 Å². The minimum absolute atomic E-state index is 0.109. The predicted molar refractivity (Wildman–Crippen MR) is 48.1 cm³/mol. The molecule has 1 fully saturated rings. The third-order valence-corrected chi connectivity index (χ3v) is 1.35. The van der Waals surface area contributed by atoms with Gasteiger partial charge in [-0.1, -0.05) is 5.16 Å². The monoisotopic (exact) mass is 215 g/mol. The summed E-state index contributed by atoms with van der Waals surface area (Å²) in [5.74, 6) is -2.34. The van der Waals surface area contributed by atoms with Gasteiger partial charge >= 0.3 is 5.97 Å². The van der Waals surface area contributed by atoms with Crippen LogP contribution in [0.25, 0.3) is 0 Å². The minimum Gasteiger partial charge on any atom is -0.318 e.